The predicted molar refractivity (Wildman–Crippen MR) is 129 cm³/mol. The number of thiocarbonyl (C=S) groups is 1. The Hall–Kier alpha value is -1.57. The van der Waals surface area contributed by atoms with Crippen molar-refractivity contribution in [1.29, 1.82) is 0 Å². The van der Waals surface area contributed by atoms with Gasteiger partial charge in [-0.25, -0.2) is 0 Å². The van der Waals surface area contributed by atoms with Crippen LogP contribution in [0.1, 0.15) is 58.9 Å². The lowest BCUT2D eigenvalue weighted by Gasteiger charge is -2.48. The van der Waals surface area contributed by atoms with E-state index < -0.39 is 0 Å². The van der Waals surface area contributed by atoms with Gasteiger partial charge < -0.3 is 29.9 Å². The average Bonchev–Trinajstić information content (AvgIpc) is 3.12. The first-order chi connectivity index (χ1) is 14.6. The molecule has 2 saturated heterocycles. The molecule has 0 aliphatic carbocycles. The van der Waals surface area contributed by atoms with Crippen molar-refractivity contribution in [3.63, 3.8) is 0 Å². The maximum absolute atomic E-state index is 6.04. The molecule has 7 heteroatoms. The van der Waals surface area contributed by atoms with E-state index in [1.807, 2.05) is 6.07 Å². The lowest BCUT2D eigenvalue weighted by atomic mass is 9.79. The summed E-state index contributed by atoms with van der Waals surface area (Å²) in [6, 6.07) is 7.06. The molecule has 2 fully saturated rings. The molecule has 3 aliphatic rings. The molecule has 0 radical (unpaired) electrons. The maximum Gasteiger partial charge on any atom is 0.231 e. The number of rotatable bonds is 4. The van der Waals surface area contributed by atoms with Crippen LogP contribution in [-0.2, 0) is 6.54 Å². The number of ether oxygens (including phenoxy) is 2. The van der Waals surface area contributed by atoms with E-state index >= 15 is 0 Å². The summed E-state index contributed by atoms with van der Waals surface area (Å²) in [5.74, 6) is 1.66. The van der Waals surface area contributed by atoms with Crippen LogP contribution in [0.4, 0.5) is 0 Å². The van der Waals surface area contributed by atoms with Crippen LogP contribution in [0.3, 0.4) is 0 Å². The fourth-order valence-electron chi connectivity index (χ4n) is 5.59. The Balaban J connectivity index is 1.50. The molecule has 1 aromatic carbocycles. The van der Waals surface area contributed by atoms with Crippen LogP contribution in [-0.4, -0.2) is 65.0 Å². The third kappa shape index (κ3) is 5.62. The molecule has 1 aromatic rings. The van der Waals surface area contributed by atoms with E-state index in [1.165, 1.54) is 5.56 Å². The van der Waals surface area contributed by atoms with Gasteiger partial charge in [-0.3, -0.25) is 0 Å². The zero-order valence-electron chi connectivity index (χ0n) is 19.7. The summed E-state index contributed by atoms with van der Waals surface area (Å²) < 4.78 is 11.1. The molecule has 0 bridgehead atoms. The van der Waals surface area contributed by atoms with Gasteiger partial charge >= 0.3 is 0 Å². The Kier molecular flexibility index (Phi) is 6.39. The summed E-state index contributed by atoms with van der Waals surface area (Å²) in [6.07, 6.45) is 4.38. The Morgan fingerprint density at radius 1 is 1.13 bits per heavy atom. The summed E-state index contributed by atoms with van der Waals surface area (Å²) in [4.78, 5) is 4.82. The average molecular weight is 447 g/mol. The Bertz CT molecular complexity index is 789. The standard InChI is InChI=1S/C24H38N4O2S/c1-23(2)13-18(14-24(3,4)26-23)25-22(31)28(19-8-10-27(5)11-9-19)15-17-6-7-20-21(12-17)30-16-29-20/h6-7,12,18-19,26H,8-11,13-16H2,1-5H3,(H,25,31). The number of hydrogen-bond acceptors (Lipinski definition) is 5. The van der Waals surface area contributed by atoms with Crippen molar-refractivity contribution in [3.05, 3.63) is 23.8 Å². The molecule has 3 aliphatic heterocycles. The van der Waals surface area contributed by atoms with E-state index in [2.05, 4.69) is 67.3 Å². The SMILES string of the molecule is CN1CCC(N(Cc2ccc3c(c2)OCO3)C(=S)NC2CC(C)(C)NC(C)(C)C2)CC1. The lowest BCUT2D eigenvalue weighted by molar-refractivity contribution is 0.145. The molecular formula is C24H38N4O2S. The molecular weight excluding hydrogens is 408 g/mol. The summed E-state index contributed by atoms with van der Waals surface area (Å²) in [5.41, 5.74) is 1.38. The zero-order valence-corrected chi connectivity index (χ0v) is 20.5. The van der Waals surface area contributed by atoms with E-state index in [9.17, 15) is 0 Å². The lowest BCUT2D eigenvalue weighted by Crippen LogP contribution is -2.63. The number of fused-ring (bicyclic) bond motifs is 1. The van der Waals surface area contributed by atoms with E-state index in [0.717, 1.165) is 61.9 Å². The van der Waals surface area contributed by atoms with Gasteiger partial charge in [-0.2, -0.15) is 0 Å². The molecule has 31 heavy (non-hydrogen) atoms. The zero-order chi connectivity index (χ0) is 22.2. The number of nitrogens with zero attached hydrogens (tertiary/aromatic N) is 2. The number of benzene rings is 1. The topological polar surface area (TPSA) is 49.0 Å². The highest BCUT2D eigenvalue weighted by atomic mass is 32.1. The second kappa shape index (κ2) is 8.75. The summed E-state index contributed by atoms with van der Waals surface area (Å²) in [5, 5.41) is 8.41. The van der Waals surface area contributed by atoms with Gasteiger partial charge in [-0.1, -0.05) is 6.07 Å². The first-order valence-corrected chi connectivity index (χ1v) is 11.9. The fourth-order valence-corrected chi connectivity index (χ4v) is 5.97. The van der Waals surface area contributed by atoms with Crippen molar-refractivity contribution in [3.8, 4) is 11.5 Å². The molecule has 3 heterocycles. The van der Waals surface area contributed by atoms with Crippen LogP contribution in [0, 0.1) is 0 Å². The van der Waals surface area contributed by atoms with Crippen LogP contribution in [0.15, 0.2) is 18.2 Å². The molecule has 0 aromatic heterocycles. The summed E-state index contributed by atoms with van der Waals surface area (Å²) >= 11 is 6.04. The first kappa shape index (κ1) is 22.6. The van der Waals surface area contributed by atoms with Crippen molar-refractivity contribution in [2.24, 2.45) is 0 Å². The highest BCUT2D eigenvalue weighted by Gasteiger charge is 2.38. The molecule has 4 rings (SSSR count). The minimum Gasteiger partial charge on any atom is -0.454 e. The van der Waals surface area contributed by atoms with Gasteiger partial charge in [0.2, 0.25) is 6.79 Å². The van der Waals surface area contributed by atoms with Crippen molar-refractivity contribution in [1.82, 2.24) is 20.4 Å². The van der Waals surface area contributed by atoms with Gasteiger partial charge in [-0.05, 0) is 103 Å². The minimum absolute atomic E-state index is 0.0880. The molecule has 0 saturated carbocycles. The third-order valence-electron chi connectivity index (χ3n) is 6.70. The van der Waals surface area contributed by atoms with Crippen molar-refractivity contribution in [2.45, 2.75) is 83.1 Å². The van der Waals surface area contributed by atoms with Crippen molar-refractivity contribution < 1.29 is 9.47 Å². The monoisotopic (exact) mass is 446 g/mol. The van der Waals surface area contributed by atoms with Crippen LogP contribution in [0.25, 0.3) is 0 Å². The van der Waals surface area contributed by atoms with Gasteiger partial charge in [0.15, 0.2) is 16.6 Å². The largest absolute Gasteiger partial charge is 0.454 e. The van der Waals surface area contributed by atoms with Crippen LogP contribution < -0.4 is 20.1 Å². The summed E-state index contributed by atoms with van der Waals surface area (Å²) in [6.45, 7) is 12.4. The molecule has 0 amide bonds. The second-order valence-corrected chi connectivity index (χ2v) is 11.2. The summed E-state index contributed by atoms with van der Waals surface area (Å²) in [7, 11) is 2.20. The van der Waals surface area contributed by atoms with Gasteiger partial charge in [0.1, 0.15) is 0 Å². The molecule has 172 valence electrons. The minimum atomic E-state index is 0.0880. The number of hydrogen-bond donors (Lipinski definition) is 2. The molecule has 0 atom stereocenters. The maximum atomic E-state index is 6.04. The molecule has 6 nitrogen and oxygen atoms in total. The Morgan fingerprint density at radius 2 is 1.77 bits per heavy atom. The second-order valence-electron chi connectivity index (χ2n) is 10.8. The van der Waals surface area contributed by atoms with Gasteiger partial charge in [0, 0.05) is 29.7 Å². The Morgan fingerprint density at radius 3 is 2.45 bits per heavy atom. The number of likely N-dealkylation sites (tertiary alicyclic amines) is 1. The Labute approximate surface area is 192 Å². The fraction of sp³-hybridized carbons (Fsp3) is 0.708. The van der Waals surface area contributed by atoms with Gasteiger partial charge in [-0.15, -0.1) is 0 Å². The van der Waals surface area contributed by atoms with E-state index in [0.29, 0.717) is 18.9 Å². The molecule has 0 spiro atoms. The van der Waals surface area contributed by atoms with Gasteiger partial charge in [0.25, 0.3) is 0 Å². The normalized spacial score (nSPS) is 23.5. The number of nitrogens with one attached hydrogen (secondary N) is 2. The highest BCUT2D eigenvalue weighted by molar-refractivity contribution is 7.80. The van der Waals surface area contributed by atoms with E-state index in [-0.39, 0.29) is 11.1 Å². The first-order valence-electron chi connectivity index (χ1n) is 11.5. The van der Waals surface area contributed by atoms with Gasteiger partial charge in [0.05, 0.1) is 0 Å². The highest BCUT2D eigenvalue weighted by Crippen LogP contribution is 2.33. The van der Waals surface area contributed by atoms with Crippen LogP contribution in [0.2, 0.25) is 0 Å². The van der Waals surface area contributed by atoms with E-state index in [4.69, 9.17) is 21.7 Å². The van der Waals surface area contributed by atoms with E-state index in [1.54, 1.807) is 0 Å². The van der Waals surface area contributed by atoms with Crippen molar-refractivity contribution in [2.75, 3.05) is 26.9 Å². The van der Waals surface area contributed by atoms with Crippen molar-refractivity contribution >= 4 is 17.3 Å². The quantitative estimate of drug-likeness (QED) is 0.687. The van der Waals surface area contributed by atoms with Crippen LogP contribution in [0.5, 0.6) is 11.5 Å². The third-order valence-corrected chi connectivity index (χ3v) is 7.05. The van der Waals surface area contributed by atoms with Crippen LogP contribution >= 0.6 is 12.2 Å². The molecule has 2 N–H and O–H groups in total. The smallest absolute Gasteiger partial charge is 0.231 e. The predicted octanol–water partition coefficient (Wildman–Crippen LogP) is 3.50. The molecule has 0 unspecified atom stereocenters. The number of piperidine rings is 2.